The van der Waals surface area contributed by atoms with E-state index < -0.39 is 97.5 Å². The van der Waals surface area contributed by atoms with Crippen LogP contribution in [0.4, 0.5) is 0 Å². The molecule has 3 N–H and O–H groups in total. The van der Waals surface area contributed by atoms with Gasteiger partial charge in [0, 0.05) is 25.7 Å². The van der Waals surface area contributed by atoms with Gasteiger partial charge in [-0.1, -0.05) is 330 Å². The predicted octanol–water partition coefficient (Wildman–Crippen LogP) is 21.3. The highest BCUT2D eigenvalue weighted by molar-refractivity contribution is 7.47. The summed E-state index contributed by atoms with van der Waals surface area (Å²) >= 11 is 0. The smallest absolute Gasteiger partial charge is 0.462 e. The van der Waals surface area contributed by atoms with Gasteiger partial charge in [0.15, 0.2) is 12.2 Å². The molecule has 0 aromatic heterocycles. The molecule has 0 aromatic carbocycles. The zero-order chi connectivity index (χ0) is 67.7. The van der Waals surface area contributed by atoms with Crippen molar-refractivity contribution in [2.45, 2.75) is 400 Å². The van der Waals surface area contributed by atoms with E-state index in [1.165, 1.54) is 205 Å². The lowest BCUT2D eigenvalue weighted by Crippen LogP contribution is -2.30. The first-order chi connectivity index (χ1) is 44.5. The lowest BCUT2D eigenvalue weighted by Gasteiger charge is -2.21. The Labute approximate surface area is 562 Å². The van der Waals surface area contributed by atoms with Crippen molar-refractivity contribution in [3.05, 3.63) is 0 Å². The summed E-state index contributed by atoms with van der Waals surface area (Å²) in [4.78, 5) is 72.7. The van der Waals surface area contributed by atoms with Crippen LogP contribution < -0.4 is 0 Å². The minimum atomic E-state index is -4.95. The molecule has 0 heterocycles. The standard InChI is InChI=1S/C73H142O17P2/c1-6-9-12-15-18-21-24-27-28-33-37-42-47-52-57-71(76)84-63-69(90-73(78)59-54-49-44-39-34-29-30-35-40-45-50-55-66(4)5)65-88-92(81,82)86-61-67(74)60-85-91(79,80)87-64-68(89-72(77)58-53-48-43-38-32-26-23-20-17-14-11-8-3)62-83-70(75)56-51-46-41-36-31-25-22-19-16-13-10-7-2/h66-69,74H,6-65H2,1-5H3,(H,79,80)(H,81,82)/t67-,68+,69+/m0/s1. The molecular weight excluding hydrogens is 1210 g/mol. The molecule has 0 aliphatic rings. The average Bonchev–Trinajstić information content (AvgIpc) is 2.20. The SMILES string of the molecule is CCCCCCCCCCCCCCCCC(=O)OC[C@H](COP(=O)(O)OC[C@@H](O)COP(=O)(O)OC[C@@H](COC(=O)CCCCCCCCCCCCCC)OC(=O)CCCCCCCCCCCCCC)OC(=O)CCCCCCCCCCCCCC(C)C. The topological polar surface area (TPSA) is 237 Å². The molecule has 92 heavy (non-hydrogen) atoms. The van der Waals surface area contributed by atoms with Gasteiger partial charge in [0.05, 0.1) is 26.4 Å². The van der Waals surface area contributed by atoms with Crippen LogP contribution >= 0.6 is 15.6 Å². The minimum Gasteiger partial charge on any atom is -0.462 e. The first kappa shape index (κ1) is 90.1. The van der Waals surface area contributed by atoms with Gasteiger partial charge in [-0.3, -0.25) is 37.3 Å². The highest BCUT2D eigenvalue weighted by Gasteiger charge is 2.30. The van der Waals surface area contributed by atoms with E-state index in [0.29, 0.717) is 25.7 Å². The van der Waals surface area contributed by atoms with Crippen LogP contribution in [0.5, 0.6) is 0 Å². The van der Waals surface area contributed by atoms with E-state index in [-0.39, 0.29) is 25.7 Å². The van der Waals surface area contributed by atoms with Crippen molar-refractivity contribution in [3.63, 3.8) is 0 Å². The van der Waals surface area contributed by atoms with E-state index in [9.17, 15) is 43.2 Å². The Kier molecular flexibility index (Phi) is 64.9. The zero-order valence-electron chi connectivity index (χ0n) is 59.7. The van der Waals surface area contributed by atoms with Crippen molar-refractivity contribution in [3.8, 4) is 0 Å². The van der Waals surface area contributed by atoms with E-state index >= 15 is 0 Å². The van der Waals surface area contributed by atoms with Gasteiger partial charge in [0.1, 0.15) is 19.3 Å². The Morgan fingerprint density at radius 1 is 0.293 bits per heavy atom. The van der Waals surface area contributed by atoms with Crippen molar-refractivity contribution < 1.29 is 80.2 Å². The largest absolute Gasteiger partial charge is 0.472 e. The first-order valence-electron chi connectivity index (χ1n) is 38.1. The molecule has 0 bridgehead atoms. The normalized spacial score (nSPS) is 14.0. The molecule has 2 unspecified atom stereocenters. The fraction of sp³-hybridized carbons (Fsp3) is 0.945. The first-order valence-corrected chi connectivity index (χ1v) is 41.1. The van der Waals surface area contributed by atoms with Crippen LogP contribution in [0.2, 0.25) is 0 Å². The molecule has 0 aliphatic heterocycles. The summed E-state index contributed by atoms with van der Waals surface area (Å²) in [6, 6.07) is 0. The number of unbranched alkanes of at least 4 members (excludes halogenated alkanes) is 45. The molecule has 546 valence electrons. The number of rotatable bonds is 73. The van der Waals surface area contributed by atoms with E-state index in [0.717, 1.165) is 95.8 Å². The van der Waals surface area contributed by atoms with Crippen LogP contribution in [0.3, 0.4) is 0 Å². The molecular formula is C73H142O17P2. The third-order valence-electron chi connectivity index (χ3n) is 17.0. The van der Waals surface area contributed by atoms with Gasteiger partial charge in [-0.15, -0.1) is 0 Å². The van der Waals surface area contributed by atoms with Crippen LogP contribution in [0.1, 0.15) is 381 Å². The number of aliphatic hydroxyl groups is 1. The quantitative estimate of drug-likeness (QED) is 0.0222. The highest BCUT2D eigenvalue weighted by Crippen LogP contribution is 2.45. The molecule has 19 heteroatoms. The number of hydrogen-bond acceptors (Lipinski definition) is 15. The van der Waals surface area contributed by atoms with Crippen LogP contribution in [0.15, 0.2) is 0 Å². The van der Waals surface area contributed by atoms with Gasteiger partial charge < -0.3 is 33.8 Å². The lowest BCUT2D eigenvalue weighted by atomic mass is 10.0. The Bertz CT molecular complexity index is 1770. The summed E-state index contributed by atoms with van der Waals surface area (Å²) in [5, 5.41) is 10.6. The van der Waals surface area contributed by atoms with E-state index in [2.05, 4.69) is 34.6 Å². The molecule has 0 aliphatic carbocycles. The van der Waals surface area contributed by atoms with Gasteiger partial charge in [0.2, 0.25) is 0 Å². The number of carbonyl (C=O) groups is 4. The van der Waals surface area contributed by atoms with Crippen LogP contribution in [0.25, 0.3) is 0 Å². The fourth-order valence-electron chi connectivity index (χ4n) is 11.2. The summed E-state index contributed by atoms with van der Waals surface area (Å²) < 4.78 is 68.4. The monoisotopic (exact) mass is 1350 g/mol. The number of carbonyl (C=O) groups excluding carboxylic acids is 4. The summed E-state index contributed by atoms with van der Waals surface area (Å²) in [6.07, 6.45) is 53.8. The molecule has 0 amide bonds. The van der Waals surface area contributed by atoms with Gasteiger partial charge >= 0.3 is 39.5 Å². The second kappa shape index (κ2) is 66.3. The maximum atomic E-state index is 13.1. The van der Waals surface area contributed by atoms with Crippen molar-refractivity contribution in [2.24, 2.45) is 5.92 Å². The summed E-state index contributed by atoms with van der Waals surface area (Å²) in [5.74, 6) is -1.35. The maximum absolute atomic E-state index is 13.1. The van der Waals surface area contributed by atoms with Gasteiger partial charge in [0.25, 0.3) is 0 Å². The summed E-state index contributed by atoms with van der Waals surface area (Å²) in [6.45, 7) is 7.28. The van der Waals surface area contributed by atoms with E-state index in [1.54, 1.807) is 0 Å². The van der Waals surface area contributed by atoms with Crippen molar-refractivity contribution in [2.75, 3.05) is 39.6 Å². The molecule has 0 rings (SSSR count). The molecule has 0 spiro atoms. The predicted molar refractivity (Wildman–Crippen MR) is 372 cm³/mol. The lowest BCUT2D eigenvalue weighted by molar-refractivity contribution is -0.161. The van der Waals surface area contributed by atoms with Gasteiger partial charge in [-0.2, -0.15) is 0 Å². The molecule has 0 aromatic rings. The Balaban J connectivity index is 5.26. The average molecular weight is 1350 g/mol. The second-order valence-electron chi connectivity index (χ2n) is 26.8. The molecule has 0 fully saturated rings. The number of phosphoric acid groups is 2. The van der Waals surface area contributed by atoms with Crippen molar-refractivity contribution in [1.82, 2.24) is 0 Å². The number of aliphatic hydroxyl groups excluding tert-OH is 1. The molecule has 0 radical (unpaired) electrons. The fourth-order valence-corrected chi connectivity index (χ4v) is 12.8. The second-order valence-corrected chi connectivity index (χ2v) is 29.7. The van der Waals surface area contributed by atoms with Gasteiger partial charge in [-0.05, 0) is 31.6 Å². The number of ether oxygens (including phenoxy) is 4. The number of esters is 4. The van der Waals surface area contributed by atoms with E-state index in [1.807, 2.05) is 0 Å². The maximum Gasteiger partial charge on any atom is 0.472 e. The Morgan fingerprint density at radius 3 is 0.739 bits per heavy atom. The third kappa shape index (κ3) is 66.7. The number of phosphoric ester groups is 2. The minimum absolute atomic E-state index is 0.107. The zero-order valence-corrected chi connectivity index (χ0v) is 61.5. The number of hydrogen-bond donors (Lipinski definition) is 3. The highest BCUT2D eigenvalue weighted by atomic mass is 31.2. The Morgan fingerprint density at radius 2 is 0.500 bits per heavy atom. The molecule has 5 atom stereocenters. The molecule has 17 nitrogen and oxygen atoms in total. The van der Waals surface area contributed by atoms with Crippen molar-refractivity contribution >= 4 is 39.5 Å². The molecule has 0 saturated carbocycles. The summed E-state index contributed by atoms with van der Waals surface area (Å²) in [7, 11) is -9.90. The Hall–Kier alpha value is -1.94. The molecule has 0 saturated heterocycles. The van der Waals surface area contributed by atoms with Gasteiger partial charge in [-0.25, -0.2) is 9.13 Å². The van der Waals surface area contributed by atoms with Crippen LogP contribution in [-0.4, -0.2) is 96.7 Å². The van der Waals surface area contributed by atoms with E-state index in [4.69, 9.17) is 37.0 Å². The van der Waals surface area contributed by atoms with Crippen LogP contribution in [-0.2, 0) is 65.4 Å². The van der Waals surface area contributed by atoms with Crippen molar-refractivity contribution in [1.29, 1.82) is 0 Å². The van der Waals surface area contributed by atoms with Crippen LogP contribution in [0, 0.1) is 5.92 Å². The third-order valence-corrected chi connectivity index (χ3v) is 18.9. The summed E-state index contributed by atoms with van der Waals surface area (Å²) in [5.41, 5.74) is 0.